The lowest BCUT2D eigenvalue weighted by Crippen LogP contribution is -2.43. The van der Waals surface area contributed by atoms with Crippen molar-refractivity contribution in [2.45, 2.75) is 52.6 Å². The zero-order chi connectivity index (χ0) is 15.1. The molecular weight excluding hydrogens is 252 g/mol. The smallest absolute Gasteiger partial charge is 0.309 e. The van der Waals surface area contributed by atoms with Gasteiger partial charge in [0.05, 0.1) is 0 Å². The summed E-state index contributed by atoms with van der Waals surface area (Å²) in [6.45, 7) is 8.46. The molecule has 1 aromatic carbocycles. The fourth-order valence-electron chi connectivity index (χ4n) is 1.67. The van der Waals surface area contributed by atoms with Crippen LogP contribution in [0.4, 0.5) is 0 Å². The Morgan fingerprint density at radius 1 is 1.05 bits per heavy atom. The minimum Gasteiger partial charge on any atom is -0.345 e. The minimum absolute atomic E-state index is 0.0126. The molecule has 2 amide bonds. The maximum Gasteiger partial charge on any atom is 0.309 e. The van der Waals surface area contributed by atoms with Crippen molar-refractivity contribution in [3.63, 3.8) is 0 Å². The van der Waals surface area contributed by atoms with Gasteiger partial charge in [0.15, 0.2) is 0 Å². The molecule has 0 aliphatic heterocycles. The Morgan fingerprint density at radius 2 is 1.65 bits per heavy atom. The van der Waals surface area contributed by atoms with Crippen LogP contribution in [0.25, 0.3) is 0 Å². The predicted octanol–water partition coefficient (Wildman–Crippen LogP) is 2.34. The van der Waals surface area contributed by atoms with Crippen LogP contribution in [0.15, 0.2) is 24.3 Å². The van der Waals surface area contributed by atoms with Crippen LogP contribution in [-0.2, 0) is 16.1 Å². The molecule has 0 unspecified atom stereocenters. The second kappa shape index (κ2) is 7.68. The van der Waals surface area contributed by atoms with Gasteiger partial charge in [-0.2, -0.15) is 0 Å². The van der Waals surface area contributed by atoms with Gasteiger partial charge in [-0.3, -0.25) is 9.59 Å². The number of benzene rings is 1. The molecule has 0 aromatic heterocycles. The number of amides is 2. The zero-order valence-corrected chi connectivity index (χ0v) is 12.7. The zero-order valence-electron chi connectivity index (χ0n) is 12.7. The molecule has 20 heavy (non-hydrogen) atoms. The van der Waals surface area contributed by atoms with Crippen molar-refractivity contribution in [3.05, 3.63) is 35.4 Å². The van der Waals surface area contributed by atoms with Crippen molar-refractivity contribution < 1.29 is 9.59 Å². The SMILES string of the molecule is CC[C@@H](C)NC(=O)C(=O)NCc1ccc(C(C)C)cc1. The van der Waals surface area contributed by atoms with Crippen LogP contribution >= 0.6 is 0 Å². The molecule has 1 aromatic rings. The minimum atomic E-state index is -0.585. The summed E-state index contributed by atoms with van der Waals surface area (Å²) in [5.41, 5.74) is 2.24. The van der Waals surface area contributed by atoms with Gasteiger partial charge in [-0.1, -0.05) is 45.0 Å². The van der Waals surface area contributed by atoms with Gasteiger partial charge < -0.3 is 10.6 Å². The van der Waals surface area contributed by atoms with E-state index in [0.29, 0.717) is 12.5 Å². The summed E-state index contributed by atoms with van der Waals surface area (Å²) < 4.78 is 0. The maximum atomic E-state index is 11.6. The average Bonchev–Trinajstić information content (AvgIpc) is 2.44. The van der Waals surface area contributed by atoms with E-state index in [4.69, 9.17) is 0 Å². The second-order valence-corrected chi connectivity index (χ2v) is 5.36. The molecule has 0 fully saturated rings. The largest absolute Gasteiger partial charge is 0.345 e. The molecule has 1 rings (SSSR count). The first kappa shape index (κ1) is 16.2. The molecule has 0 saturated heterocycles. The number of nitrogens with one attached hydrogen (secondary N) is 2. The Kier molecular flexibility index (Phi) is 6.22. The number of rotatable bonds is 5. The first-order valence-electron chi connectivity index (χ1n) is 7.11. The van der Waals surface area contributed by atoms with Crippen LogP contribution in [0.5, 0.6) is 0 Å². The normalized spacial score (nSPS) is 12.1. The highest BCUT2D eigenvalue weighted by atomic mass is 16.2. The van der Waals surface area contributed by atoms with Gasteiger partial charge in [0.1, 0.15) is 0 Å². The Hall–Kier alpha value is -1.84. The molecule has 0 aliphatic carbocycles. The summed E-state index contributed by atoms with van der Waals surface area (Å²) in [4.78, 5) is 23.2. The quantitative estimate of drug-likeness (QED) is 0.811. The van der Waals surface area contributed by atoms with Crippen molar-refractivity contribution in [2.24, 2.45) is 0 Å². The Labute approximate surface area is 121 Å². The average molecular weight is 276 g/mol. The van der Waals surface area contributed by atoms with Crippen molar-refractivity contribution in [2.75, 3.05) is 0 Å². The molecule has 0 spiro atoms. The van der Waals surface area contributed by atoms with Gasteiger partial charge in [-0.05, 0) is 30.4 Å². The van der Waals surface area contributed by atoms with E-state index < -0.39 is 11.8 Å². The topological polar surface area (TPSA) is 58.2 Å². The Morgan fingerprint density at radius 3 is 2.15 bits per heavy atom. The van der Waals surface area contributed by atoms with Crippen LogP contribution in [0.1, 0.15) is 51.2 Å². The van der Waals surface area contributed by atoms with Crippen LogP contribution in [0.2, 0.25) is 0 Å². The van der Waals surface area contributed by atoms with E-state index in [1.54, 1.807) is 0 Å². The summed E-state index contributed by atoms with van der Waals surface area (Å²) in [7, 11) is 0. The third-order valence-electron chi connectivity index (χ3n) is 3.30. The molecule has 0 radical (unpaired) electrons. The van der Waals surface area contributed by atoms with E-state index in [0.717, 1.165) is 12.0 Å². The fraction of sp³-hybridized carbons (Fsp3) is 0.500. The summed E-state index contributed by atoms with van der Waals surface area (Å²) in [5, 5.41) is 5.26. The lowest BCUT2D eigenvalue weighted by Gasteiger charge is -2.11. The van der Waals surface area contributed by atoms with Crippen molar-refractivity contribution in [3.8, 4) is 0 Å². The van der Waals surface area contributed by atoms with Gasteiger partial charge >= 0.3 is 11.8 Å². The standard InChI is InChI=1S/C16H24N2O2/c1-5-12(4)18-16(20)15(19)17-10-13-6-8-14(9-7-13)11(2)3/h6-9,11-12H,5,10H2,1-4H3,(H,17,19)(H,18,20)/t12-/m1/s1. The van der Waals surface area contributed by atoms with Gasteiger partial charge in [0.2, 0.25) is 0 Å². The van der Waals surface area contributed by atoms with Gasteiger partial charge in [0.25, 0.3) is 0 Å². The van der Waals surface area contributed by atoms with Crippen molar-refractivity contribution in [1.29, 1.82) is 0 Å². The number of hydrogen-bond donors (Lipinski definition) is 2. The highest BCUT2D eigenvalue weighted by molar-refractivity contribution is 6.35. The van der Waals surface area contributed by atoms with Gasteiger partial charge in [0, 0.05) is 12.6 Å². The van der Waals surface area contributed by atoms with Gasteiger partial charge in [-0.15, -0.1) is 0 Å². The molecule has 2 N–H and O–H groups in total. The fourth-order valence-corrected chi connectivity index (χ4v) is 1.67. The highest BCUT2D eigenvalue weighted by Crippen LogP contribution is 2.14. The third-order valence-corrected chi connectivity index (χ3v) is 3.30. The molecular formula is C16H24N2O2. The van der Waals surface area contributed by atoms with E-state index in [2.05, 4.69) is 24.5 Å². The Bertz CT molecular complexity index is 452. The van der Waals surface area contributed by atoms with Gasteiger partial charge in [-0.25, -0.2) is 0 Å². The number of hydrogen-bond acceptors (Lipinski definition) is 2. The van der Waals surface area contributed by atoms with E-state index in [1.165, 1.54) is 5.56 Å². The summed E-state index contributed by atoms with van der Waals surface area (Å²) in [6.07, 6.45) is 0.801. The molecule has 0 bridgehead atoms. The number of carbonyl (C=O) groups is 2. The van der Waals surface area contributed by atoms with Crippen LogP contribution in [0.3, 0.4) is 0 Å². The van der Waals surface area contributed by atoms with Crippen molar-refractivity contribution in [1.82, 2.24) is 10.6 Å². The van der Waals surface area contributed by atoms with E-state index in [1.807, 2.05) is 38.1 Å². The first-order valence-corrected chi connectivity index (χ1v) is 7.11. The molecule has 4 nitrogen and oxygen atoms in total. The van der Waals surface area contributed by atoms with Crippen LogP contribution in [0, 0.1) is 0 Å². The lowest BCUT2D eigenvalue weighted by molar-refractivity contribution is -0.139. The summed E-state index contributed by atoms with van der Waals surface area (Å²) in [6, 6.07) is 8.06. The summed E-state index contributed by atoms with van der Waals surface area (Å²) in [5.74, 6) is -0.670. The molecule has 4 heteroatoms. The van der Waals surface area contributed by atoms with E-state index in [9.17, 15) is 9.59 Å². The predicted molar refractivity (Wildman–Crippen MR) is 80.3 cm³/mol. The monoisotopic (exact) mass is 276 g/mol. The second-order valence-electron chi connectivity index (χ2n) is 5.36. The molecule has 0 saturated carbocycles. The highest BCUT2D eigenvalue weighted by Gasteiger charge is 2.14. The summed E-state index contributed by atoms with van der Waals surface area (Å²) >= 11 is 0. The molecule has 110 valence electrons. The molecule has 0 aliphatic rings. The van der Waals surface area contributed by atoms with Crippen molar-refractivity contribution >= 4 is 11.8 Å². The third kappa shape index (κ3) is 5.03. The molecule has 0 heterocycles. The number of carbonyl (C=O) groups excluding carboxylic acids is 2. The first-order chi connectivity index (χ1) is 9.43. The molecule has 1 atom stereocenters. The Balaban J connectivity index is 2.46. The van der Waals surface area contributed by atoms with Crippen LogP contribution < -0.4 is 10.6 Å². The maximum absolute atomic E-state index is 11.6. The van der Waals surface area contributed by atoms with E-state index in [-0.39, 0.29) is 6.04 Å². The lowest BCUT2D eigenvalue weighted by atomic mass is 10.0. The van der Waals surface area contributed by atoms with E-state index >= 15 is 0 Å². The van der Waals surface area contributed by atoms with Crippen LogP contribution in [-0.4, -0.2) is 17.9 Å².